The zero-order valence-corrected chi connectivity index (χ0v) is 15.9. The van der Waals surface area contributed by atoms with E-state index in [1.807, 2.05) is 76.2 Å². The molecule has 5 heteroatoms. The monoisotopic (exact) mass is 363 g/mol. The first-order valence-corrected chi connectivity index (χ1v) is 8.05. The van der Waals surface area contributed by atoms with Crippen molar-refractivity contribution in [3.8, 4) is 11.5 Å². The van der Waals surface area contributed by atoms with Crippen LogP contribution in [-0.2, 0) is 16.0 Å². The van der Waals surface area contributed by atoms with Crippen molar-refractivity contribution in [1.82, 2.24) is 0 Å². The zero-order valence-electron chi connectivity index (χ0n) is 15.1. The van der Waals surface area contributed by atoms with Crippen LogP contribution in [0.3, 0.4) is 0 Å². The van der Waals surface area contributed by atoms with E-state index in [2.05, 4.69) is 0 Å². The maximum atomic E-state index is 11.9. The van der Waals surface area contributed by atoms with Gasteiger partial charge in [-0.05, 0) is 63.9 Å². The van der Waals surface area contributed by atoms with Crippen molar-refractivity contribution < 1.29 is 14.3 Å². The number of esters is 1. The van der Waals surface area contributed by atoms with E-state index in [-0.39, 0.29) is 18.4 Å². The molecular weight excluding hydrogens is 338 g/mol. The Labute approximate surface area is 155 Å². The fourth-order valence-electron chi connectivity index (χ4n) is 2.15. The second kappa shape index (κ2) is 8.88. The molecule has 0 fully saturated rings. The Morgan fingerprint density at radius 2 is 1.48 bits per heavy atom. The van der Waals surface area contributed by atoms with Crippen LogP contribution in [0.25, 0.3) is 0 Å². The standard InChI is InChI=1S/C20H25NO3.ClH/c1-14-5-9-16(10-6-14)23-17-11-7-15(8-12-17)13-18(21)19(22)24-20(2,3)4;/h5-12,18H,13,21H2,1-4H3;1H/t18-;/m0./s1. The predicted molar refractivity (Wildman–Crippen MR) is 102 cm³/mol. The fraction of sp³-hybridized carbons (Fsp3) is 0.350. The summed E-state index contributed by atoms with van der Waals surface area (Å²) in [6.45, 7) is 7.52. The highest BCUT2D eigenvalue weighted by atomic mass is 35.5. The third kappa shape index (κ3) is 7.16. The summed E-state index contributed by atoms with van der Waals surface area (Å²) < 4.78 is 11.1. The lowest BCUT2D eigenvalue weighted by atomic mass is 10.1. The van der Waals surface area contributed by atoms with Crippen LogP contribution in [0.5, 0.6) is 11.5 Å². The molecule has 2 N–H and O–H groups in total. The molecule has 1 atom stereocenters. The van der Waals surface area contributed by atoms with Gasteiger partial charge in [0.15, 0.2) is 0 Å². The fourth-order valence-corrected chi connectivity index (χ4v) is 2.15. The summed E-state index contributed by atoms with van der Waals surface area (Å²) in [5.41, 5.74) is 7.55. The second-order valence-corrected chi connectivity index (χ2v) is 6.90. The van der Waals surface area contributed by atoms with Gasteiger partial charge in [-0.2, -0.15) is 0 Å². The van der Waals surface area contributed by atoms with Crippen molar-refractivity contribution >= 4 is 18.4 Å². The van der Waals surface area contributed by atoms with Gasteiger partial charge in [0.25, 0.3) is 0 Å². The number of benzene rings is 2. The first-order valence-electron chi connectivity index (χ1n) is 8.05. The molecule has 0 aliphatic heterocycles. The van der Waals surface area contributed by atoms with E-state index in [4.69, 9.17) is 15.2 Å². The number of hydrogen-bond acceptors (Lipinski definition) is 4. The highest BCUT2D eigenvalue weighted by Gasteiger charge is 2.22. The molecule has 136 valence electrons. The summed E-state index contributed by atoms with van der Waals surface area (Å²) in [5.74, 6) is 1.15. The number of ether oxygens (including phenoxy) is 2. The van der Waals surface area contributed by atoms with E-state index in [0.29, 0.717) is 6.42 Å². The minimum absolute atomic E-state index is 0. The molecule has 2 aromatic rings. The minimum atomic E-state index is -0.673. The quantitative estimate of drug-likeness (QED) is 0.799. The third-order valence-electron chi connectivity index (χ3n) is 3.35. The summed E-state index contributed by atoms with van der Waals surface area (Å²) in [4.78, 5) is 11.9. The summed E-state index contributed by atoms with van der Waals surface area (Å²) in [7, 11) is 0. The Balaban J connectivity index is 0.00000312. The average molecular weight is 364 g/mol. The van der Waals surface area contributed by atoms with Gasteiger partial charge in [-0.25, -0.2) is 0 Å². The van der Waals surface area contributed by atoms with Crippen LogP contribution in [0.15, 0.2) is 48.5 Å². The molecule has 0 unspecified atom stereocenters. The molecule has 0 amide bonds. The molecular formula is C20H26ClNO3. The Bertz CT molecular complexity index is 676. The van der Waals surface area contributed by atoms with Gasteiger partial charge >= 0.3 is 5.97 Å². The lowest BCUT2D eigenvalue weighted by molar-refractivity contribution is -0.156. The van der Waals surface area contributed by atoms with Crippen LogP contribution in [0.1, 0.15) is 31.9 Å². The van der Waals surface area contributed by atoms with Gasteiger partial charge in [-0.1, -0.05) is 29.8 Å². The normalized spacial score (nSPS) is 12.0. The Morgan fingerprint density at radius 1 is 1.00 bits per heavy atom. The van der Waals surface area contributed by atoms with Gasteiger partial charge < -0.3 is 15.2 Å². The van der Waals surface area contributed by atoms with Crippen molar-refractivity contribution in [2.45, 2.75) is 45.8 Å². The molecule has 0 aromatic heterocycles. The highest BCUT2D eigenvalue weighted by molar-refractivity contribution is 5.85. The van der Waals surface area contributed by atoms with Crippen LogP contribution in [0.2, 0.25) is 0 Å². The van der Waals surface area contributed by atoms with Crippen LogP contribution in [0, 0.1) is 6.92 Å². The van der Waals surface area contributed by atoms with Gasteiger partial charge in [-0.15, -0.1) is 12.4 Å². The molecule has 0 heterocycles. The smallest absolute Gasteiger partial charge is 0.323 e. The minimum Gasteiger partial charge on any atom is -0.459 e. The first kappa shape index (κ1) is 21.0. The van der Waals surface area contributed by atoms with Crippen molar-refractivity contribution in [1.29, 1.82) is 0 Å². The maximum absolute atomic E-state index is 11.9. The zero-order chi connectivity index (χ0) is 17.7. The van der Waals surface area contributed by atoms with Crippen LogP contribution < -0.4 is 10.5 Å². The van der Waals surface area contributed by atoms with Gasteiger partial charge in [0.1, 0.15) is 23.1 Å². The molecule has 0 aliphatic rings. The Kier molecular flexibility index (Phi) is 7.46. The number of rotatable bonds is 5. The number of carbonyl (C=O) groups excluding carboxylic acids is 1. The Morgan fingerprint density at radius 3 is 1.96 bits per heavy atom. The van der Waals surface area contributed by atoms with Gasteiger partial charge in [0, 0.05) is 0 Å². The van der Waals surface area contributed by atoms with Crippen molar-refractivity contribution in [3.05, 3.63) is 59.7 Å². The van der Waals surface area contributed by atoms with Gasteiger partial charge in [-0.3, -0.25) is 4.79 Å². The highest BCUT2D eigenvalue weighted by Crippen LogP contribution is 2.22. The number of halogens is 1. The predicted octanol–water partition coefficient (Wildman–Crippen LogP) is 4.42. The number of hydrogen-bond donors (Lipinski definition) is 1. The molecule has 25 heavy (non-hydrogen) atoms. The average Bonchev–Trinajstić information content (AvgIpc) is 2.50. The number of carbonyl (C=O) groups is 1. The molecule has 0 bridgehead atoms. The molecule has 0 radical (unpaired) electrons. The molecule has 0 aliphatic carbocycles. The molecule has 0 spiro atoms. The molecule has 0 saturated heterocycles. The van der Waals surface area contributed by atoms with Crippen molar-refractivity contribution in [3.63, 3.8) is 0 Å². The third-order valence-corrected chi connectivity index (χ3v) is 3.35. The molecule has 2 rings (SSSR count). The van der Waals surface area contributed by atoms with E-state index >= 15 is 0 Å². The van der Waals surface area contributed by atoms with Crippen molar-refractivity contribution in [2.24, 2.45) is 5.73 Å². The number of nitrogens with two attached hydrogens (primary N) is 1. The lowest BCUT2D eigenvalue weighted by Crippen LogP contribution is -2.38. The topological polar surface area (TPSA) is 61.5 Å². The maximum Gasteiger partial charge on any atom is 0.323 e. The van der Waals surface area contributed by atoms with Crippen LogP contribution in [0.4, 0.5) is 0 Å². The first-order chi connectivity index (χ1) is 11.2. The van der Waals surface area contributed by atoms with Crippen molar-refractivity contribution in [2.75, 3.05) is 0 Å². The molecule has 2 aromatic carbocycles. The Hall–Kier alpha value is -2.04. The SMILES string of the molecule is Cc1ccc(Oc2ccc(C[C@H](N)C(=O)OC(C)(C)C)cc2)cc1.Cl. The molecule has 4 nitrogen and oxygen atoms in total. The summed E-state index contributed by atoms with van der Waals surface area (Å²) in [6.07, 6.45) is 0.430. The van der Waals surface area contributed by atoms with E-state index in [1.54, 1.807) is 0 Å². The number of aryl methyl sites for hydroxylation is 1. The molecule has 0 saturated carbocycles. The lowest BCUT2D eigenvalue weighted by Gasteiger charge is -2.22. The van der Waals surface area contributed by atoms with Crippen LogP contribution in [-0.4, -0.2) is 17.6 Å². The van der Waals surface area contributed by atoms with E-state index < -0.39 is 11.6 Å². The van der Waals surface area contributed by atoms with E-state index in [0.717, 1.165) is 17.1 Å². The summed E-state index contributed by atoms with van der Waals surface area (Å²) in [5, 5.41) is 0. The van der Waals surface area contributed by atoms with Crippen LogP contribution >= 0.6 is 12.4 Å². The summed E-state index contributed by atoms with van der Waals surface area (Å²) in [6, 6.07) is 14.8. The van der Waals surface area contributed by atoms with Gasteiger partial charge in [0.2, 0.25) is 0 Å². The largest absolute Gasteiger partial charge is 0.459 e. The van der Waals surface area contributed by atoms with E-state index in [9.17, 15) is 4.79 Å². The summed E-state index contributed by atoms with van der Waals surface area (Å²) >= 11 is 0. The van der Waals surface area contributed by atoms with E-state index in [1.165, 1.54) is 5.56 Å². The second-order valence-electron chi connectivity index (χ2n) is 6.90. The van der Waals surface area contributed by atoms with Gasteiger partial charge in [0.05, 0.1) is 0 Å².